The molecule has 2 aromatic carbocycles. The fourth-order valence-corrected chi connectivity index (χ4v) is 2.11. The first kappa shape index (κ1) is 17.4. The number of rotatable bonds is 8. The highest BCUT2D eigenvalue weighted by Crippen LogP contribution is 2.24. The van der Waals surface area contributed by atoms with Crippen LogP contribution in [-0.4, -0.2) is 19.4 Å². The first-order chi connectivity index (χ1) is 11.8. The van der Waals surface area contributed by atoms with E-state index in [9.17, 15) is 0 Å². The number of oxime groups is 1. The second kappa shape index (κ2) is 9.21. The van der Waals surface area contributed by atoms with Crippen LogP contribution in [0.4, 0.5) is 0 Å². The van der Waals surface area contributed by atoms with E-state index < -0.39 is 0 Å². The van der Waals surface area contributed by atoms with E-state index in [0.717, 1.165) is 16.9 Å². The van der Waals surface area contributed by atoms with Crippen molar-refractivity contribution >= 4 is 6.21 Å². The van der Waals surface area contributed by atoms with Gasteiger partial charge in [0.1, 0.15) is 18.1 Å². The highest BCUT2D eigenvalue weighted by Gasteiger charge is 2.05. The van der Waals surface area contributed by atoms with Gasteiger partial charge in [-0.2, -0.15) is 5.26 Å². The molecule has 2 aromatic rings. The molecule has 0 N–H and O–H groups in total. The van der Waals surface area contributed by atoms with Crippen molar-refractivity contribution in [3.8, 4) is 17.6 Å². The van der Waals surface area contributed by atoms with Gasteiger partial charge in [0, 0.05) is 17.2 Å². The molecular weight excluding hydrogens is 304 g/mol. The van der Waals surface area contributed by atoms with E-state index in [-0.39, 0.29) is 6.61 Å². The normalized spacial score (nSPS) is 10.4. The van der Waals surface area contributed by atoms with Crippen LogP contribution >= 0.6 is 0 Å². The van der Waals surface area contributed by atoms with Crippen LogP contribution in [0.25, 0.3) is 0 Å². The van der Waals surface area contributed by atoms with Gasteiger partial charge in [-0.05, 0) is 32.0 Å². The lowest BCUT2D eigenvalue weighted by Crippen LogP contribution is -1.99. The monoisotopic (exact) mass is 324 g/mol. The molecule has 0 saturated heterocycles. The molecule has 0 aliphatic heterocycles. The minimum absolute atomic E-state index is 0.237. The average Bonchev–Trinajstić information content (AvgIpc) is 2.61. The predicted octanol–water partition coefficient (Wildman–Crippen LogP) is 3.91. The number of ether oxygens (including phenoxy) is 2. The molecule has 0 radical (unpaired) electrons. The van der Waals surface area contributed by atoms with E-state index >= 15 is 0 Å². The Hall–Kier alpha value is -3.00. The molecule has 0 aliphatic carbocycles. The van der Waals surface area contributed by atoms with Crippen LogP contribution in [0.1, 0.15) is 30.5 Å². The topological polar surface area (TPSA) is 63.8 Å². The van der Waals surface area contributed by atoms with E-state index in [1.165, 1.54) is 0 Å². The number of hydrogen-bond donors (Lipinski definition) is 0. The van der Waals surface area contributed by atoms with Gasteiger partial charge in [-0.1, -0.05) is 23.4 Å². The van der Waals surface area contributed by atoms with Gasteiger partial charge in [0.25, 0.3) is 0 Å². The van der Waals surface area contributed by atoms with Crippen LogP contribution in [0.15, 0.2) is 47.6 Å². The third kappa shape index (κ3) is 4.75. The Morgan fingerprint density at radius 1 is 1.08 bits per heavy atom. The minimum atomic E-state index is 0.237. The Morgan fingerprint density at radius 3 is 2.62 bits per heavy atom. The molecule has 0 bridgehead atoms. The van der Waals surface area contributed by atoms with Crippen LogP contribution in [-0.2, 0) is 11.4 Å². The molecule has 0 fully saturated rings. The zero-order chi connectivity index (χ0) is 17.2. The lowest BCUT2D eigenvalue weighted by molar-refractivity contribution is 0.132. The summed E-state index contributed by atoms with van der Waals surface area (Å²) in [6.07, 6.45) is 1.59. The molecule has 24 heavy (non-hydrogen) atoms. The van der Waals surface area contributed by atoms with Gasteiger partial charge >= 0.3 is 0 Å². The summed E-state index contributed by atoms with van der Waals surface area (Å²) in [7, 11) is 0. The lowest BCUT2D eigenvalue weighted by Gasteiger charge is -2.10. The van der Waals surface area contributed by atoms with Gasteiger partial charge in [-0.25, -0.2) is 0 Å². The first-order valence-corrected chi connectivity index (χ1v) is 7.81. The van der Waals surface area contributed by atoms with Crippen LogP contribution < -0.4 is 9.47 Å². The summed E-state index contributed by atoms with van der Waals surface area (Å²) in [4.78, 5) is 5.31. The summed E-state index contributed by atoms with van der Waals surface area (Å²) in [6.45, 7) is 5.24. The maximum absolute atomic E-state index is 9.05. The maximum atomic E-state index is 9.05. The van der Waals surface area contributed by atoms with Crippen molar-refractivity contribution in [3.63, 3.8) is 0 Å². The Labute approximate surface area is 142 Å². The first-order valence-electron chi connectivity index (χ1n) is 7.81. The molecule has 0 saturated carbocycles. The summed E-state index contributed by atoms with van der Waals surface area (Å²) in [5, 5.41) is 13.0. The Morgan fingerprint density at radius 2 is 1.88 bits per heavy atom. The number of hydrogen-bond acceptors (Lipinski definition) is 5. The van der Waals surface area contributed by atoms with E-state index in [2.05, 4.69) is 11.2 Å². The van der Waals surface area contributed by atoms with Gasteiger partial charge in [0.15, 0.2) is 0 Å². The number of benzene rings is 2. The van der Waals surface area contributed by atoms with Crippen molar-refractivity contribution in [3.05, 3.63) is 59.2 Å². The summed E-state index contributed by atoms with van der Waals surface area (Å²) in [5.74, 6) is 1.44. The van der Waals surface area contributed by atoms with Crippen LogP contribution in [0.5, 0.6) is 11.5 Å². The molecule has 0 unspecified atom stereocenters. The standard InChI is InChI=1S/C19H20N2O3/c1-3-22-18-10-9-16(19(11-18)23-4-2)13-21-24-14-17-8-6-5-7-15(17)12-20/h5-11,13H,3-4,14H2,1-2H3/b21-13-. The van der Waals surface area contributed by atoms with Gasteiger partial charge in [-0.15, -0.1) is 0 Å². The highest BCUT2D eigenvalue weighted by atomic mass is 16.6. The third-order valence-corrected chi connectivity index (χ3v) is 3.22. The summed E-state index contributed by atoms with van der Waals surface area (Å²) < 4.78 is 11.1. The quantitative estimate of drug-likeness (QED) is 0.545. The van der Waals surface area contributed by atoms with Gasteiger partial charge in [-0.3, -0.25) is 0 Å². The van der Waals surface area contributed by atoms with Crippen molar-refractivity contribution in [1.82, 2.24) is 0 Å². The molecule has 0 aromatic heterocycles. The number of nitrogens with zero attached hydrogens (tertiary/aromatic N) is 2. The molecule has 2 rings (SSSR count). The van der Waals surface area contributed by atoms with Gasteiger partial charge in [0.2, 0.25) is 0 Å². The minimum Gasteiger partial charge on any atom is -0.494 e. The second-order valence-electron chi connectivity index (χ2n) is 4.84. The van der Waals surface area contributed by atoms with Crippen LogP contribution in [0.3, 0.4) is 0 Å². The fraction of sp³-hybridized carbons (Fsp3) is 0.263. The van der Waals surface area contributed by atoms with Gasteiger partial charge < -0.3 is 14.3 Å². The Balaban J connectivity index is 2.04. The smallest absolute Gasteiger partial charge is 0.143 e. The van der Waals surface area contributed by atoms with E-state index in [4.69, 9.17) is 19.6 Å². The van der Waals surface area contributed by atoms with Crippen molar-refractivity contribution < 1.29 is 14.3 Å². The predicted molar refractivity (Wildman–Crippen MR) is 92.3 cm³/mol. The fourth-order valence-electron chi connectivity index (χ4n) is 2.11. The van der Waals surface area contributed by atoms with Crippen LogP contribution in [0.2, 0.25) is 0 Å². The third-order valence-electron chi connectivity index (χ3n) is 3.22. The molecule has 124 valence electrons. The second-order valence-corrected chi connectivity index (χ2v) is 4.84. The van der Waals surface area contributed by atoms with Crippen LogP contribution in [0, 0.1) is 11.3 Å². The van der Waals surface area contributed by atoms with E-state index in [0.29, 0.717) is 24.5 Å². The van der Waals surface area contributed by atoms with Crippen molar-refractivity contribution in [1.29, 1.82) is 5.26 Å². The molecule has 5 heteroatoms. The SMILES string of the molecule is CCOc1ccc(/C=N\OCc2ccccc2C#N)c(OCC)c1. The van der Waals surface area contributed by atoms with Crippen molar-refractivity contribution in [2.75, 3.05) is 13.2 Å². The molecule has 0 atom stereocenters. The highest BCUT2D eigenvalue weighted by molar-refractivity contribution is 5.83. The zero-order valence-corrected chi connectivity index (χ0v) is 13.9. The molecular formula is C19H20N2O3. The van der Waals surface area contributed by atoms with Crippen molar-refractivity contribution in [2.45, 2.75) is 20.5 Å². The Kier molecular flexibility index (Phi) is 6.66. The summed E-state index contributed by atoms with van der Waals surface area (Å²) >= 11 is 0. The molecule has 0 spiro atoms. The molecule has 0 aliphatic rings. The summed E-state index contributed by atoms with van der Waals surface area (Å²) in [5.41, 5.74) is 2.19. The van der Waals surface area contributed by atoms with Crippen molar-refractivity contribution in [2.24, 2.45) is 5.16 Å². The van der Waals surface area contributed by atoms with E-state index in [1.807, 2.05) is 50.2 Å². The number of nitriles is 1. The maximum Gasteiger partial charge on any atom is 0.143 e. The van der Waals surface area contributed by atoms with Gasteiger partial charge in [0.05, 0.1) is 31.1 Å². The largest absolute Gasteiger partial charge is 0.494 e. The summed E-state index contributed by atoms with van der Waals surface area (Å²) in [6, 6.07) is 15.0. The molecule has 0 amide bonds. The zero-order valence-electron chi connectivity index (χ0n) is 13.9. The molecule has 5 nitrogen and oxygen atoms in total. The average molecular weight is 324 g/mol. The van der Waals surface area contributed by atoms with E-state index in [1.54, 1.807) is 12.3 Å². The Bertz CT molecular complexity index is 736. The molecule has 0 heterocycles. The lowest BCUT2D eigenvalue weighted by atomic mass is 10.1.